The van der Waals surface area contributed by atoms with Crippen LogP contribution in [0.4, 0.5) is 8.78 Å². The molecule has 3 aromatic rings. The molecule has 0 amide bonds. The van der Waals surface area contributed by atoms with Crippen LogP contribution in [-0.4, -0.2) is 26.9 Å². The van der Waals surface area contributed by atoms with Crippen LogP contribution in [0.5, 0.6) is 11.5 Å². The Kier molecular flexibility index (Phi) is 4.02. The zero-order chi connectivity index (χ0) is 24.2. The van der Waals surface area contributed by atoms with E-state index in [1.807, 2.05) is 0 Å². The molecule has 11 heteroatoms. The number of nitrogens with zero attached hydrogens (tertiary/aromatic N) is 2. The molecule has 2 aromatic heterocycles. The van der Waals surface area contributed by atoms with Crippen molar-refractivity contribution in [3.63, 3.8) is 0 Å². The number of halogens is 2. The highest BCUT2D eigenvalue weighted by Crippen LogP contribution is 2.47. The van der Waals surface area contributed by atoms with Gasteiger partial charge in [0.15, 0.2) is 17.1 Å². The Morgan fingerprint density at radius 3 is 2.59 bits per heavy atom. The lowest BCUT2D eigenvalue weighted by molar-refractivity contribution is -0.286. The Morgan fingerprint density at radius 1 is 1.21 bits per heavy atom. The number of carbonyl (C=O) groups is 1. The standard InChI is InChI=1S/C23H19F2N3O6/c1-3-22(31)13-5-15-19-11(7-28(15)20(29)12(13)8-32-21(22)30)18(9(2)26)10-4-16-17(6-14(10)27-19)34-23(24,25)33-16/h4-6,9,31H,3,7-8,26H2,1-2H3/t9-,22+/m1/s1. The Balaban J connectivity index is 1.64. The molecule has 1 aromatic carbocycles. The predicted octanol–water partition coefficient (Wildman–Crippen LogP) is 2.42. The van der Waals surface area contributed by atoms with Crippen molar-refractivity contribution < 1.29 is 32.9 Å². The minimum Gasteiger partial charge on any atom is -0.458 e. The second-order valence-corrected chi connectivity index (χ2v) is 8.73. The number of fused-ring (bicyclic) bond motifs is 6. The fraction of sp³-hybridized carbons (Fsp3) is 0.348. The number of alkyl halides is 2. The Labute approximate surface area is 190 Å². The topological polar surface area (TPSA) is 126 Å². The molecule has 3 aliphatic rings. The zero-order valence-electron chi connectivity index (χ0n) is 18.1. The molecule has 3 N–H and O–H groups in total. The monoisotopic (exact) mass is 471 g/mol. The molecule has 2 atom stereocenters. The molecular formula is C23H19F2N3O6. The van der Waals surface area contributed by atoms with Crippen molar-refractivity contribution >= 4 is 16.9 Å². The van der Waals surface area contributed by atoms with Gasteiger partial charge in [0.05, 0.1) is 29.0 Å². The van der Waals surface area contributed by atoms with Gasteiger partial charge in [-0.15, -0.1) is 8.78 Å². The summed E-state index contributed by atoms with van der Waals surface area (Å²) in [5, 5.41) is 11.5. The van der Waals surface area contributed by atoms with Gasteiger partial charge in [-0.2, -0.15) is 0 Å². The summed E-state index contributed by atoms with van der Waals surface area (Å²) in [6.45, 7) is 3.26. The second-order valence-electron chi connectivity index (χ2n) is 8.73. The highest BCUT2D eigenvalue weighted by molar-refractivity contribution is 5.91. The number of esters is 1. The van der Waals surface area contributed by atoms with Gasteiger partial charge in [0.1, 0.15) is 6.61 Å². The number of hydrogen-bond donors (Lipinski definition) is 2. The Bertz CT molecular complexity index is 1500. The lowest BCUT2D eigenvalue weighted by Gasteiger charge is -2.31. The van der Waals surface area contributed by atoms with E-state index in [0.29, 0.717) is 33.4 Å². The summed E-state index contributed by atoms with van der Waals surface area (Å²) in [5.41, 5.74) is 6.74. The normalized spacial score (nSPS) is 22.2. The first-order chi connectivity index (χ1) is 16.0. The molecule has 3 aliphatic heterocycles. The lowest BCUT2D eigenvalue weighted by Crippen LogP contribution is -2.44. The van der Waals surface area contributed by atoms with Gasteiger partial charge in [0.2, 0.25) is 0 Å². The summed E-state index contributed by atoms with van der Waals surface area (Å²) >= 11 is 0. The maximum atomic E-state index is 13.6. The van der Waals surface area contributed by atoms with Gasteiger partial charge in [0, 0.05) is 28.6 Å². The maximum Gasteiger partial charge on any atom is 0.586 e. The van der Waals surface area contributed by atoms with E-state index in [4.69, 9.17) is 10.5 Å². The zero-order valence-corrected chi connectivity index (χ0v) is 18.1. The minimum atomic E-state index is -3.78. The average Bonchev–Trinajstić information content (AvgIpc) is 3.28. The molecule has 6 rings (SSSR count). The highest BCUT2D eigenvalue weighted by atomic mass is 19.3. The molecule has 176 valence electrons. The first-order valence-electron chi connectivity index (χ1n) is 10.7. The van der Waals surface area contributed by atoms with Crippen LogP contribution in [-0.2, 0) is 28.3 Å². The smallest absolute Gasteiger partial charge is 0.458 e. The third-order valence-electron chi connectivity index (χ3n) is 6.71. The van der Waals surface area contributed by atoms with Crippen LogP contribution >= 0.6 is 0 Å². The number of ether oxygens (including phenoxy) is 3. The first-order valence-corrected chi connectivity index (χ1v) is 10.7. The third kappa shape index (κ3) is 2.62. The number of benzene rings is 1. The van der Waals surface area contributed by atoms with Crippen LogP contribution in [0.15, 0.2) is 23.0 Å². The van der Waals surface area contributed by atoms with E-state index in [0.717, 1.165) is 0 Å². The van der Waals surface area contributed by atoms with Crippen molar-refractivity contribution in [2.45, 2.75) is 51.4 Å². The number of hydrogen-bond acceptors (Lipinski definition) is 8. The SMILES string of the molecule is CC[C@@]1(O)C(=O)OCc2c1cc1n(c2=O)Cc2c-1nc1cc3c(cc1c2[C@@H](C)N)OC(F)(F)O3. The number of carbonyl (C=O) groups excluding carboxylic acids is 1. The van der Waals surface area contributed by atoms with E-state index >= 15 is 0 Å². The molecule has 9 nitrogen and oxygen atoms in total. The molecule has 34 heavy (non-hydrogen) atoms. The van der Waals surface area contributed by atoms with Crippen LogP contribution in [0.2, 0.25) is 0 Å². The summed E-state index contributed by atoms with van der Waals surface area (Å²) in [7, 11) is 0. The Morgan fingerprint density at radius 2 is 1.91 bits per heavy atom. The van der Waals surface area contributed by atoms with E-state index in [2.05, 4.69) is 14.5 Å². The van der Waals surface area contributed by atoms with Gasteiger partial charge < -0.3 is 29.6 Å². The van der Waals surface area contributed by atoms with Crippen molar-refractivity contribution in [3.8, 4) is 22.9 Å². The van der Waals surface area contributed by atoms with Crippen molar-refractivity contribution in [2.24, 2.45) is 5.73 Å². The van der Waals surface area contributed by atoms with Gasteiger partial charge in [-0.3, -0.25) is 4.79 Å². The molecule has 0 radical (unpaired) electrons. The van der Waals surface area contributed by atoms with E-state index in [-0.39, 0.29) is 42.2 Å². The van der Waals surface area contributed by atoms with E-state index in [1.54, 1.807) is 19.9 Å². The van der Waals surface area contributed by atoms with Crippen molar-refractivity contribution in [1.29, 1.82) is 0 Å². The van der Waals surface area contributed by atoms with E-state index < -0.39 is 29.5 Å². The van der Waals surface area contributed by atoms with Gasteiger partial charge >= 0.3 is 12.3 Å². The summed E-state index contributed by atoms with van der Waals surface area (Å²) in [6, 6.07) is 3.81. The second kappa shape index (κ2) is 6.51. The Hall–Kier alpha value is -3.57. The van der Waals surface area contributed by atoms with Crippen molar-refractivity contribution in [1.82, 2.24) is 9.55 Å². The molecular weight excluding hydrogens is 452 g/mol. The van der Waals surface area contributed by atoms with Crippen LogP contribution in [0.25, 0.3) is 22.3 Å². The molecule has 0 unspecified atom stereocenters. The molecule has 0 spiro atoms. The summed E-state index contributed by atoms with van der Waals surface area (Å²) in [5.74, 6) is -1.11. The summed E-state index contributed by atoms with van der Waals surface area (Å²) in [6.07, 6.45) is -3.77. The van der Waals surface area contributed by atoms with Crippen LogP contribution in [0.3, 0.4) is 0 Å². The first kappa shape index (κ1) is 21.0. The van der Waals surface area contributed by atoms with Crippen molar-refractivity contribution in [3.05, 3.63) is 50.8 Å². The van der Waals surface area contributed by atoms with E-state index in [9.17, 15) is 23.5 Å². The number of rotatable bonds is 2. The summed E-state index contributed by atoms with van der Waals surface area (Å²) < 4.78 is 43.0. The molecule has 5 heterocycles. The molecule has 0 saturated heterocycles. The van der Waals surface area contributed by atoms with Gasteiger partial charge in [-0.25, -0.2) is 9.78 Å². The number of aromatic nitrogens is 2. The fourth-order valence-electron chi connectivity index (χ4n) is 5.07. The fourth-order valence-corrected chi connectivity index (χ4v) is 5.07. The average molecular weight is 471 g/mol. The summed E-state index contributed by atoms with van der Waals surface area (Å²) in [4.78, 5) is 30.4. The van der Waals surface area contributed by atoms with Crippen molar-refractivity contribution in [2.75, 3.05) is 0 Å². The molecule has 0 fully saturated rings. The maximum absolute atomic E-state index is 13.6. The number of pyridine rings is 2. The number of aliphatic hydroxyl groups is 1. The molecule has 0 bridgehead atoms. The van der Waals surface area contributed by atoms with Crippen LogP contribution in [0, 0.1) is 0 Å². The third-order valence-corrected chi connectivity index (χ3v) is 6.71. The number of cyclic esters (lactones) is 1. The highest BCUT2D eigenvalue weighted by Gasteiger charge is 2.46. The minimum absolute atomic E-state index is 0.0164. The van der Waals surface area contributed by atoms with Gasteiger partial charge in [-0.1, -0.05) is 6.92 Å². The largest absolute Gasteiger partial charge is 0.586 e. The van der Waals surface area contributed by atoms with Crippen LogP contribution < -0.4 is 20.8 Å². The molecule has 0 aliphatic carbocycles. The van der Waals surface area contributed by atoms with E-state index in [1.165, 1.54) is 16.7 Å². The van der Waals surface area contributed by atoms with Gasteiger partial charge in [0.25, 0.3) is 5.56 Å². The number of nitrogens with two attached hydrogens (primary N) is 1. The van der Waals surface area contributed by atoms with Gasteiger partial charge in [-0.05, 0) is 31.0 Å². The van der Waals surface area contributed by atoms with Crippen LogP contribution in [0.1, 0.15) is 48.6 Å². The lowest BCUT2D eigenvalue weighted by atomic mass is 9.86. The molecule has 0 saturated carbocycles. The predicted molar refractivity (Wildman–Crippen MR) is 113 cm³/mol. The quantitative estimate of drug-likeness (QED) is 0.427.